The summed E-state index contributed by atoms with van der Waals surface area (Å²) in [5.41, 5.74) is 5.32. The van der Waals surface area contributed by atoms with E-state index in [1.54, 1.807) is 11.3 Å². The highest BCUT2D eigenvalue weighted by molar-refractivity contribution is 8.00. The third-order valence-corrected chi connectivity index (χ3v) is 4.12. The van der Waals surface area contributed by atoms with Crippen molar-refractivity contribution in [1.29, 1.82) is 0 Å². The molecule has 5 nitrogen and oxygen atoms in total. The number of carboxylic acids is 1. The molecule has 0 aliphatic carbocycles. The Morgan fingerprint density at radius 3 is 2.94 bits per heavy atom. The van der Waals surface area contributed by atoms with Crippen molar-refractivity contribution >= 4 is 35.0 Å². The normalized spacial score (nSPS) is 12.1. The Morgan fingerprint density at radius 2 is 2.33 bits per heavy atom. The number of carboxylic acid groups (broad SMARTS) is 1. The molecule has 0 bridgehead atoms. The standard InChI is InChI=1S/C11H16N2O3S2/c12-9(11(15)16)6-17-7-10(14)13-4-3-8-2-1-5-18-8/h1-2,5,9H,3-4,6-7,12H2,(H,13,14)(H,15,16)/t9-/m0/s1. The van der Waals surface area contributed by atoms with Crippen LogP contribution in [0.15, 0.2) is 17.5 Å². The molecule has 100 valence electrons. The van der Waals surface area contributed by atoms with Crippen LogP contribution < -0.4 is 11.1 Å². The molecule has 0 aliphatic heterocycles. The van der Waals surface area contributed by atoms with Crippen molar-refractivity contribution in [3.8, 4) is 0 Å². The molecule has 4 N–H and O–H groups in total. The van der Waals surface area contributed by atoms with Crippen molar-refractivity contribution in [2.45, 2.75) is 12.5 Å². The molecule has 1 rings (SSSR count). The molecular formula is C11H16N2O3S2. The average molecular weight is 288 g/mol. The summed E-state index contributed by atoms with van der Waals surface area (Å²) < 4.78 is 0. The largest absolute Gasteiger partial charge is 0.480 e. The number of amides is 1. The minimum absolute atomic E-state index is 0.0888. The zero-order valence-corrected chi connectivity index (χ0v) is 11.4. The van der Waals surface area contributed by atoms with Gasteiger partial charge < -0.3 is 16.2 Å². The Bertz CT molecular complexity index is 382. The summed E-state index contributed by atoms with van der Waals surface area (Å²) in [5, 5.41) is 13.3. The first-order valence-corrected chi connectivity index (χ1v) is 7.48. The van der Waals surface area contributed by atoms with Gasteiger partial charge in [0.1, 0.15) is 6.04 Å². The van der Waals surface area contributed by atoms with Crippen LogP contribution in [0.2, 0.25) is 0 Å². The zero-order chi connectivity index (χ0) is 13.4. The highest BCUT2D eigenvalue weighted by Gasteiger charge is 2.11. The van der Waals surface area contributed by atoms with E-state index < -0.39 is 12.0 Å². The highest BCUT2D eigenvalue weighted by atomic mass is 32.2. The summed E-state index contributed by atoms with van der Waals surface area (Å²) >= 11 is 2.89. The summed E-state index contributed by atoms with van der Waals surface area (Å²) in [6, 6.07) is 3.09. The van der Waals surface area contributed by atoms with E-state index in [9.17, 15) is 9.59 Å². The first-order valence-electron chi connectivity index (χ1n) is 5.45. The predicted octanol–water partition coefficient (Wildman–Crippen LogP) is 0.552. The van der Waals surface area contributed by atoms with Crippen LogP contribution in [0.5, 0.6) is 0 Å². The monoisotopic (exact) mass is 288 g/mol. The molecular weight excluding hydrogens is 272 g/mol. The third kappa shape index (κ3) is 6.04. The highest BCUT2D eigenvalue weighted by Crippen LogP contribution is 2.08. The third-order valence-electron chi connectivity index (χ3n) is 2.12. The Morgan fingerprint density at radius 1 is 1.56 bits per heavy atom. The molecule has 7 heteroatoms. The Kier molecular flexibility index (Phi) is 6.77. The van der Waals surface area contributed by atoms with Gasteiger partial charge in [0.15, 0.2) is 0 Å². The average Bonchev–Trinajstić information content (AvgIpc) is 2.81. The number of aliphatic carboxylic acids is 1. The van der Waals surface area contributed by atoms with Crippen molar-refractivity contribution in [3.05, 3.63) is 22.4 Å². The van der Waals surface area contributed by atoms with Crippen LogP contribution in [0, 0.1) is 0 Å². The molecule has 18 heavy (non-hydrogen) atoms. The van der Waals surface area contributed by atoms with Gasteiger partial charge in [0.2, 0.25) is 5.91 Å². The molecule has 0 aliphatic rings. The molecule has 0 spiro atoms. The van der Waals surface area contributed by atoms with Gasteiger partial charge in [-0.3, -0.25) is 9.59 Å². The molecule has 0 unspecified atom stereocenters. The van der Waals surface area contributed by atoms with Crippen LogP contribution in [-0.2, 0) is 16.0 Å². The van der Waals surface area contributed by atoms with Gasteiger partial charge in [0.25, 0.3) is 0 Å². The molecule has 1 aromatic heterocycles. The van der Waals surface area contributed by atoms with Crippen molar-refractivity contribution in [2.75, 3.05) is 18.1 Å². The van der Waals surface area contributed by atoms with Gasteiger partial charge in [-0.1, -0.05) is 6.07 Å². The predicted molar refractivity (Wildman–Crippen MR) is 74.0 cm³/mol. The molecule has 0 saturated heterocycles. The smallest absolute Gasteiger partial charge is 0.321 e. The van der Waals surface area contributed by atoms with Gasteiger partial charge >= 0.3 is 5.97 Å². The number of hydrogen-bond donors (Lipinski definition) is 3. The lowest BCUT2D eigenvalue weighted by atomic mass is 10.3. The summed E-state index contributed by atoms with van der Waals surface area (Å²) in [7, 11) is 0. The fourth-order valence-corrected chi connectivity index (χ4v) is 2.69. The van der Waals surface area contributed by atoms with Gasteiger partial charge in [-0.25, -0.2) is 0 Å². The van der Waals surface area contributed by atoms with Gasteiger partial charge in [-0.2, -0.15) is 0 Å². The molecule has 0 aromatic carbocycles. The molecule has 1 aromatic rings. The minimum atomic E-state index is -1.04. The number of nitrogens with one attached hydrogen (secondary N) is 1. The van der Waals surface area contributed by atoms with Crippen LogP contribution in [0.1, 0.15) is 4.88 Å². The van der Waals surface area contributed by atoms with Crippen molar-refractivity contribution in [3.63, 3.8) is 0 Å². The fraction of sp³-hybridized carbons (Fsp3) is 0.455. The van der Waals surface area contributed by atoms with E-state index in [1.807, 2.05) is 17.5 Å². The van der Waals surface area contributed by atoms with Crippen molar-refractivity contribution in [1.82, 2.24) is 5.32 Å². The summed E-state index contributed by atoms with van der Waals surface area (Å²) in [4.78, 5) is 23.1. The second kappa shape index (κ2) is 8.12. The van der Waals surface area contributed by atoms with Crippen LogP contribution in [-0.4, -0.2) is 41.1 Å². The quantitative estimate of drug-likeness (QED) is 0.650. The van der Waals surface area contributed by atoms with Gasteiger partial charge in [-0.15, -0.1) is 23.1 Å². The van der Waals surface area contributed by atoms with E-state index >= 15 is 0 Å². The van der Waals surface area contributed by atoms with Crippen LogP contribution in [0.25, 0.3) is 0 Å². The SMILES string of the molecule is N[C@@H](CSCC(=O)NCCc1cccs1)C(=O)O. The number of rotatable bonds is 8. The van der Waals surface area contributed by atoms with E-state index in [2.05, 4.69) is 5.32 Å². The van der Waals surface area contributed by atoms with Crippen LogP contribution in [0.3, 0.4) is 0 Å². The summed E-state index contributed by atoms with van der Waals surface area (Å²) in [5.74, 6) is -0.645. The summed E-state index contributed by atoms with van der Waals surface area (Å²) in [6.45, 7) is 0.602. The molecule has 1 atom stereocenters. The maximum atomic E-state index is 11.4. The maximum Gasteiger partial charge on any atom is 0.321 e. The number of thiophene rings is 1. The maximum absolute atomic E-state index is 11.4. The van der Waals surface area contributed by atoms with Gasteiger partial charge in [0, 0.05) is 17.2 Å². The van der Waals surface area contributed by atoms with Gasteiger partial charge in [0.05, 0.1) is 5.75 Å². The van der Waals surface area contributed by atoms with Gasteiger partial charge in [-0.05, 0) is 17.9 Å². The Hall–Kier alpha value is -1.05. The van der Waals surface area contributed by atoms with Crippen LogP contribution >= 0.6 is 23.1 Å². The second-order valence-corrected chi connectivity index (χ2v) is 5.70. The van der Waals surface area contributed by atoms with Crippen molar-refractivity contribution < 1.29 is 14.7 Å². The second-order valence-electron chi connectivity index (χ2n) is 3.64. The van der Waals surface area contributed by atoms with E-state index in [0.717, 1.165) is 6.42 Å². The summed E-state index contributed by atoms with van der Waals surface area (Å²) in [6.07, 6.45) is 0.822. The molecule has 0 fully saturated rings. The molecule has 0 saturated carbocycles. The number of thioether (sulfide) groups is 1. The number of nitrogens with two attached hydrogens (primary N) is 1. The molecule has 1 heterocycles. The van der Waals surface area contributed by atoms with E-state index in [1.165, 1.54) is 16.6 Å². The van der Waals surface area contributed by atoms with Crippen LogP contribution in [0.4, 0.5) is 0 Å². The lowest BCUT2D eigenvalue weighted by Gasteiger charge is -2.06. The fourth-order valence-electron chi connectivity index (χ4n) is 1.18. The molecule has 0 radical (unpaired) electrons. The topological polar surface area (TPSA) is 92.4 Å². The first kappa shape index (κ1) is 15.0. The van der Waals surface area contributed by atoms with E-state index in [0.29, 0.717) is 6.54 Å². The number of carbonyl (C=O) groups is 2. The lowest BCUT2D eigenvalue weighted by Crippen LogP contribution is -2.33. The lowest BCUT2D eigenvalue weighted by molar-refractivity contribution is -0.138. The number of carbonyl (C=O) groups excluding carboxylic acids is 1. The minimum Gasteiger partial charge on any atom is -0.480 e. The molecule has 1 amide bonds. The van der Waals surface area contributed by atoms with E-state index in [4.69, 9.17) is 10.8 Å². The Balaban J connectivity index is 2.05. The number of hydrogen-bond acceptors (Lipinski definition) is 5. The van der Waals surface area contributed by atoms with Crippen molar-refractivity contribution in [2.24, 2.45) is 5.73 Å². The first-order chi connectivity index (χ1) is 8.59. The zero-order valence-electron chi connectivity index (χ0n) is 9.80. The Labute approximate surface area is 114 Å². The van der Waals surface area contributed by atoms with E-state index in [-0.39, 0.29) is 17.4 Å².